The number of H-pyrrole nitrogens is 2. The Morgan fingerprint density at radius 3 is 1.68 bits per heavy atom. The number of aryl methyl sites for hydroxylation is 4. The number of carbonyl (C=O) groups excluding carboxylic acids is 1. The van der Waals surface area contributed by atoms with Gasteiger partial charge in [-0.2, -0.15) is 10.2 Å². The molecule has 0 saturated carbocycles. The fraction of sp³-hybridized carbons (Fsp3) is 0.308. The molecule has 2 amide bonds. The first-order valence-electron chi connectivity index (χ1n) is 17.0. The van der Waals surface area contributed by atoms with Crippen molar-refractivity contribution in [1.82, 2.24) is 30.2 Å². The molecule has 2 aromatic heterocycles. The number of benzene rings is 4. The summed E-state index contributed by atoms with van der Waals surface area (Å²) in [6.07, 6.45) is -1.80. The second-order valence-corrected chi connectivity index (χ2v) is 13.9. The number of nitrogens with two attached hydrogens (primary N) is 2. The van der Waals surface area contributed by atoms with Gasteiger partial charge in [0.25, 0.3) is 0 Å². The SMILES string of the molecule is Cc1ccc(C[C@@H]2[C@H](O)[C@@H](O)[C@@H](Cc3cc(C)ccc3C)N(Cc3ccc4[nH]nc(N)c4c3)C(=O)N2Cc2ccc3[nH]nc(N)c3c2)c(C)c1. The lowest BCUT2D eigenvalue weighted by Gasteiger charge is -2.36. The standard InChI is InChI=1S/C39H44N8O3/c1-21-6-10-27(24(4)13-21)17-33-35(48)36(49)34(18-28-14-22(2)5-7-23(28)3)47(20-26-9-12-32-30(16-26)38(41)45-43-32)39(50)46(33)19-25-8-11-31-29(15-25)37(40)44-42-31/h5-16,33-36,48-49H,17-20H2,1-4H3,(H3,40,42,44)(H3,41,43,45)/t33-,34-,35+,36+/m1/s1. The highest BCUT2D eigenvalue weighted by atomic mass is 16.3. The van der Waals surface area contributed by atoms with E-state index in [-0.39, 0.29) is 19.1 Å². The second kappa shape index (κ2) is 13.1. The van der Waals surface area contributed by atoms with Gasteiger partial charge < -0.3 is 31.5 Å². The Labute approximate surface area is 290 Å². The van der Waals surface area contributed by atoms with Gasteiger partial charge in [0.1, 0.15) is 12.2 Å². The number of aliphatic hydroxyl groups excluding tert-OH is 2. The summed E-state index contributed by atoms with van der Waals surface area (Å²) in [7, 11) is 0. The molecular formula is C39H44N8O3. The van der Waals surface area contributed by atoms with Gasteiger partial charge in [0.15, 0.2) is 11.6 Å². The average Bonchev–Trinajstić information content (AvgIpc) is 3.65. The van der Waals surface area contributed by atoms with Crippen LogP contribution in [-0.2, 0) is 25.9 Å². The molecule has 0 unspecified atom stereocenters. The molecule has 6 aromatic rings. The first-order valence-corrected chi connectivity index (χ1v) is 17.0. The first-order chi connectivity index (χ1) is 24.0. The van der Waals surface area contributed by atoms with Gasteiger partial charge in [-0.1, -0.05) is 59.7 Å². The number of carbonyl (C=O) groups is 1. The third-order valence-corrected chi connectivity index (χ3v) is 10.3. The van der Waals surface area contributed by atoms with Crippen LogP contribution in [0.15, 0.2) is 72.8 Å². The number of hydrogen-bond acceptors (Lipinski definition) is 7. The predicted octanol–water partition coefficient (Wildman–Crippen LogP) is 5.22. The predicted molar refractivity (Wildman–Crippen MR) is 196 cm³/mol. The van der Waals surface area contributed by atoms with Crippen LogP contribution in [0.4, 0.5) is 16.4 Å². The van der Waals surface area contributed by atoms with Gasteiger partial charge in [-0.05, 0) is 98.2 Å². The van der Waals surface area contributed by atoms with E-state index in [1.165, 1.54) is 0 Å². The Morgan fingerprint density at radius 1 is 0.640 bits per heavy atom. The Bertz CT molecular complexity index is 2210. The number of urea groups is 1. The molecule has 1 aliphatic rings. The summed E-state index contributed by atoms with van der Waals surface area (Å²) in [5.74, 6) is 0.742. The molecule has 11 nitrogen and oxygen atoms in total. The van der Waals surface area contributed by atoms with Crippen LogP contribution < -0.4 is 11.5 Å². The maximum Gasteiger partial charge on any atom is 0.321 e. The molecule has 7 rings (SSSR count). The topological polar surface area (TPSA) is 173 Å². The van der Waals surface area contributed by atoms with E-state index < -0.39 is 24.3 Å². The van der Waals surface area contributed by atoms with Gasteiger partial charge >= 0.3 is 6.03 Å². The summed E-state index contributed by atoms with van der Waals surface area (Å²) in [4.78, 5) is 18.7. The Morgan fingerprint density at radius 2 is 1.14 bits per heavy atom. The van der Waals surface area contributed by atoms with Crippen molar-refractivity contribution in [2.24, 2.45) is 0 Å². The average molecular weight is 673 g/mol. The van der Waals surface area contributed by atoms with Crippen molar-refractivity contribution in [3.05, 3.63) is 117 Å². The molecule has 4 aromatic carbocycles. The van der Waals surface area contributed by atoms with Crippen LogP contribution in [0.25, 0.3) is 21.8 Å². The number of anilines is 2. The molecule has 1 fully saturated rings. The highest BCUT2D eigenvalue weighted by molar-refractivity contribution is 5.90. The minimum absolute atomic E-state index is 0.180. The number of nitrogens with one attached hydrogen (secondary N) is 2. The van der Waals surface area contributed by atoms with Crippen LogP contribution in [0.2, 0.25) is 0 Å². The summed E-state index contributed by atoms with van der Waals surface area (Å²) in [5.41, 5.74) is 21.9. The Kier molecular flexibility index (Phi) is 8.71. The van der Waals surface area contributed by atoms with E-state index in [2.05, 4.69) is 44.7 Å². The number of aromatic amines is 2. The molecular weight excluding hydrogens is 628 g/mol. The van der Waals surface area contributed by atoms with Gasteiger partial charge in [0, 0.05) is 23.9 Å². The van der Waals surface area contributed by atoms with Crippen LogP contribution in [0.5, 0.6) is 0 Å². The molecule has 8 N–H and O–H groups in total. The van der Waals surface area contributed by atoms with E-state index in [1.54, 1.807) is 9.80 Å². The third kappa shape index (κ3) is 6.25. The van der Waals surface area contributed by atoms with Crippen molar-refractivity contribution in [2.75, 3.05) is 11.5 Å². The zero-order chi connectivity index (χ0) is 35.3. The maximum absolute atomic E-state index is 15.2. The minimum atomic E-state index is -1.26. The quantitative estimate of drug-likeness (QED) is 0.129. The summed E-state index contributed by atoms with van der Waals surface area (Å²) in [6, 6.07) is 22.1. The molecule has 50 heavy (non-hydrogen) atoms. The molecule has 3 heterocycles. The second-order valence-electron chi connectivity index (χ2n) is 13.9. The largest absolute Gasteiger partial charge is 0.388 e. The number of amides is 2. The van der Waals surface area contributed by atoms with E-state index >= 15 is 4.79 Å². The van der Waals surface area contributed by atoms with Crippen molar-refractivity contribution < 1.29 is 15.0 Å². The van der Waals surface area contributed by atoms with Crippen LogP contribution in [0.3, 0.4) is 0 Å². The highest BCUT2D eigenvalue weighted by Crippen LogP contribution is 2.32. The lowest BCUT2D eigenvalue weighted by atomic mass is 9.88. The van der Waals surface area contributed by atoms with Gasteiger partial charge in [-0.15, -0.1) is 0 Å². The number of hydrogen-bond donors (Lipinski definition) is 6. The lowest BCUT2D eigenvalue weighted by Crippen LogP contribution is -2.50. The van der Waals surface area contributed by atoms with Crippen molar-refractivity contribution in [3.8, 4) is 0 Å². The van der Waals surface area contributed by atoms with E-state index in [0.29, 0.717) is 24.5 Å². The molecule has 0 radical (unpaired) electrons. The number of fused-ring (bicyclic) bond motifs is 2. The maximum atomic E-state index is 15.2. The number of aliphatic hydroxyl groups is 2. The van der Waals surface area contributed by atoms with E-state index in [1.807, 2.05) is 76.2 Å². The van der Waals surface area contributed by atoms with Gasteiger partial charge in [-0.25, -0.2) is 4.79 Å². The van der Waals surface area contributed by atoms with E-state index in [9.17, 15) is 10.2 Å². The zero-order valence-corrected chi connectivity index (χ0v) is 28.8. The van der Waals surface area contributed by atoms with Crippen molar-refractivity contribution in [3.63, 3.8) is 0 Å². The lowest BCUT2D eigenvalue weighted by molar-refractivity contribution is -0.0409. The molecule has 1 aliphatic heterocycles. The van der Waals surface area contributed by atoms with Crippen molar-refractivity contribution in [1.29, 1.82) is 0 Å². The summed E-state index contributed by atoms with van der Waals surface area (Å²) in [6.45, 7) is 8.50. The molecule has 0 aliphatic carbocycles. The smallest absolute Gasteiger partial charge is 0.321 e. The molecule has 0 spiro atoms. The summed E-state index contributed by atoms with van der Waals surface area (Å²) in [5, 5.41) is 40.2. The molecule has 4 atom stereocenters. The van der Waals surface area contributed by atoms with Gasteiger partial charge in [0.2, 0.25) is 0 Å². The Balaban J connectivity index is 1.36. The Hall–Kier alpha value is -5.39. The number of aromatic nitrogens is 4. The summed E-state index contributed by atoms with van der Waals surface area (Å²) >= 11 is 0. The van der Waals surface area contributed by atoms with Crippen molar-refractivity contribution >= 4 is 39.5 Å². The highest BCUT2D eigenvalue weighted by Gasteiger charge is 2.46. The monoisotopic (exact) mass is 672 g/mol. The van der Waals surface area contributed by atoms with Crippen LogP contribution in [0.1, 0.15) is 44.5 Å². The zero-order valence-electron chi connectivity index (χ0n) is 28.8. The number of rotatable bonds is 8. The molecule has 258 valence electrons. The summed E-state index contributed by atoms with van der Waals surface area (Å²) < 4.78 is 0. The number of nitrogens with zero attached hydrogens (tertiary/aromatic N) is 4. The number of nitrogen functional groups attached to an aromatic ring is 2. The minimum Gasteiger partial charge on any atom is -0.388 e. The molecule has 11 heteroatoms. The normalized spacial score (nSPS) is 19.8. The molecule has 0 bridgehead atoms. The van der Waals surface area contributed by atoms with Gasteiger partial charge in [-0.3, -0.25) is 10.2 Å². The van der Waals surface area contributed by atoms with E-state index in [0.717, 1.165) is 66.3 Å². The van der Waals surface area contributed by atoms with E-state index in [4.69, 9.17) is 11.5 Å². The fourth-order valence-electron chi connectivity index (χ4n) is 7.40. The van der Waals surface area contributed by atoms with Crippen LogP contribution in [-0.4, -0.2) is 70.7 Å². The first kappa shape index (κ1) is 33.1. The van der Waals surface area contributed by atoms with Crippen LogP contribution >= 0.6 is 0 Å². The van der Waals surface area contributed by atoms with Crippen molar-refractivity contribution in [2.45, 2.75) is 77.9 Å². The molecule has 1 saturated heterocycles. The third-order valence-electron chi connectivity index (χ3n) is 10.3. The fourth-order valence-corrected chi connectivity index (χ4v) is 7.40. The van der Waals surface area contributed by atoms with Gasteiger partial charge in [0.05, 0.1) is 23.1 Å². The van der Waals surface area contributed by atoms with Crippen LogP contribution in [0, 0.1) is 27.7 Å².